The third kappa shape index (κ3) is 4.19. The Labute approximate surface area is 180 Å². The van der Waals surface area contributed by atoms with Crippen molar-refractivity contribution < 1.29 is 9.90 Å². The van der Waals surface area contributed by atoms with Crippen LogP contribution in [0.15, 0.2) is 82.0 Å². The number of rotatable bonds is 6. The van der Waals surface area contributed by atoms with Crippen LogP contribution in [0.4, 0.5) is 0 Å². The highest BCUT2D eigenvalue weighted by Crippen LogP contribution is 2.44. The third-order valence-corrected chi connectivity index (χ3v) is 6.38. The Morgan fingerprint density at radius 2 is 1.86 bits per heavy atom. The molecular weight excluding hydrogens is 404 g/mol. The van der Waals surface area contributed by atoms with Gasteiger partial charge in [-0.15, -0.1) is 11.8 Å². The van der Waals surface area contributed by atoms with Crippen molar-refractivity contribution in [2.24, 2.45) is 0 Å². The van der Waals surface area contributed by atoms with E-state index in [4.69, 9.17) is 11.6 Å². The monoisotopic (exact) mass is 424 g/mol. The van der Waals surface area contributed by atoms with Crippen LogP contribution < -0.4 is 0 Å². The molecular formula is C23H21ClN2O2S. The molecule has 1 N–H and O–H groups in total. The molecule has 0 fully saturated rings. The lowest BCUT2D eigenvalue weighted by Gasteiger charge is -2.37. The maximum Gasteiger partial charge on any atom is 0.334 e. The Bertz CT molecular complexity index is 1020. The van der Waals surface area contributed by atoms with Crippen molar-refractivity contribution in [1.29, 1.82) is 5.26 Å². The number of benzene rings is 2. The molecule has 6 heteroatoms. The first-order chi connectivity index (χ1) is 14.0. The summed E-state index contributed by atoms with van der Waals surface area (Å²) >= 11 is 8.00. The van der Waals surface area contributed by atoms with E-state index in [2.05, 4.69) is 6.07 Å². The lowest BCUT2D eigenvalue weighted by atomic mass is 9.80. The van der Waals surface area contributed by atoms with Gasteiger partial charge in [0.2, 0.25) is 0 Å². The van der Waals surface area contributed by atoms with Gasteiger partial charge in [0.25, 0.3) is 0 Å². The molecule has 0 saturated heterocycles. The van der Waals surface area contributed by atoms with Gasteiger partial charge in [0.1, 0.15) is 0 Å². The Balaban J connectivity index is 2.17. The van der Waals surface area contributed by atoms with Crippen molar-refractivity contribution in [2.75, 3.05) is 12.3 Å². The Hall–Kier alpha value is -2.68. The summed E-state index contributed by atoms with van der Waals surface area (Å²) < 4.78 is 0. The lowest BCUT2D eigenvalue weighted by molar-refractivity contribution is -0.133. The fraction of sp³-hybridized carbons (Fsp3) is 0.217. The molecule has 3 rings (SSSR count). The van der Waals surface area contributed by atoms with Crippen molar-refractivity contribution in [2.45, 2.75) is 24.7 Å². The third-order valence-electron chi connectivity index (χ3n) is 5.01. The molecule has 2 aromatic carbocycles. The van der Waals surface area contributed by atoms with Gasteiger partial charge < -0.3 is 10.0 Å². The van der Waals surface area contributed by atoms with Crippen molar-refractivity contribution >= 4 is 29.3 Å². The molecule has 148 valence electrons. The van der Waals surface area contributed by atoms with E-state index in [1.807, 2.05) is 55.1 Å². The second-order valence-electron chi connectivity index (χ2n) is 6.58. The summed E-state index contributed by atoms with van der Waals surface area (Å²) in [4.78, 5) is 15.4. The number of hydrogen-bond donors (Lipinski definition) is 1. The number of allylic oxidation sites excluding steroid dienone is 2. The molecule has 0 saturated carbocycles. The van der Waals surface area contributed by atoms with Crippen LogP contribution >= 0.6 is 23.4 Å². The molecule has 0 spiro atoms. The minimum absolute atomic E-state index is 0.213. The zero-order valence-corrected chi connectivity index (χ0v) is 17.8. The Kier molecular flexibility index (Phi) is 6.68. The molecule has 0 radical (unpaired) electrons. The summed E-state index contributed by atoms with van der Waals surface area (Å²) in [6.45, 7) is 4.41. The molecule has 4 nitrogen and oxygen atoms in total. The minimum Gasteiger partial charge on any atom is -0.478 e. The van der Waals surface area contributed by atoms with E-state index in [1.54, 1.807) is 30.0 Å². The molecule has 29 heavy (non-hydrogen) atoms. The number of thioether (sulfide) groups is 1. The van der Waals surface area contributed by atoms with Gasteiger partial charge >= 0.3 is 5.97 Å². The Morgan fingerprint density at radius 3 is 2.45 bits per heavy atom. The maximum absolute atomic E-state index is 12.4. The first-order valence-corrected chi connectivity index (χ1v) is 10.6. The van der Waals surface area contributed by atoms with E-state index in [9.17, 15) is 15.2 Å². The summed E-state index contributed by atoms with van der Waals surface area (Å²) in [5, 5.41) is 20.5. The van der Waals surface area contributed by atoms with Crippen molar-refractivity contribution in [3.8, 4) is 6.07 Å². The molecule has 1 atom stereocenters. The van der Waals surface area contributed by atoms with Crippen molar-refractivity contribution in [1.82, 2.24) is 4.90 Å². The largest absolute Gasteiger partial charge is 0.478 e. The number of carbonyl (C=O) groups is 1. The first kappa shape index (κ1) is 21.0. The van der Waals surface area contributed by atoms with Gasteiger partial charge in [-0.1, -0.05) is 48.0 Å². The van der Waals surface area contributed by atoms with Crippen LogP contribution in [0.25, 0.3) is 0 Å². The predicted octanol–water partition coefficient (Wildman–Crippen LogP) is 5.69. The maximum atomic E-state index is 12.4. The van der Waals surface area contributed by atoms with Gasteiger partial charge in [0, 0.05) is 33.6 Å². The van der Waals surface area contributed by atoms with Gasteiger partial charge in [-0.25, -0.2) is 4.79 Å². The molecule has 1 unspecified atom stereocenters. The van der Waals surface area contributed by atoms with Gasteiger partial charge in [-0.3, -0.25) is 0 Å². The van der Waals surface area contributed by atoms with Crippen LogP contribution in [0.1, 0.15) is 25.3 Å². The normalized spacial score (nSPS) is 16.8. The van der Waals surface area contributed by atoms with E-state index in [1.165, 1.54) is 0 Å². The smallest absolute Gasteiger partial charge is 0.334 e. The van der Waals surface area contributed by atoms with Crippen molar-refractivity contribution in [3.05, 3.63) is 87.7 Å². The molecule has 0 amide bonds. The topological polar surface area (TPSA) is 64.3 Å². The summed E-state index contributed by atoms with van der Waals surface area (Å²) in [5.41, 5.74) is 2.75. The summed E-state index contributed by atoms with van der Waals surface area (Å²) in [6, 6.07) is 19.2. The number of hydrogen-bond acceptors (Lipinski definition) is 4. The molecule has 2 aromatic rings. The summed E-state index contributed by atoms with van der Waals surface area (Å²) in [5.74, 6) is -1.24. The second kappa shape index (κ2) is 9.21. The lowest BCUT2D eigenvalue weighted by Crippen LogP contribution is -2.34. The van der Waals surface area contributed by atoms with Crippen LogP contribution in [0.2, 0.25) is 5.02 Å². The zero-order valence-electron chi connectivity index (χ0n) is 16.2. The average Bonchev–Trinajstić information content (AvgIpc) is 2.72. The van der Waals surface area contributed by atoms with Crippen LogP contribution in [0, 0.1) is 11.3 Å². The van der Waals surface area contributed by atoms with Gasteiger partial charge in [-0.2, -0.15) is 5.26 Å². The molecule has 0 bridgehead atoms. The van der Waals surface area contributed by atoms with E-state index < -0.39 is 11.9 Å². The number of carboxylic acids is 1. The number of carboxylic acid groups (broad SMARTS) is 1. The fourth-order valence-corrected chi connectivity index (χ4v) is 4.89. The summed E-state index contributed by atoms with van der Waals surface area (Å²) in [6.07, 6.45) is 0. The zero-order chi connectivity index (χ0) is 21.0. The highest BCUT2D eigenvalue weighted by atomic mass is 35.5. The van der Waals surface area contributed by atoms with E-state index in [0.29, 0.717) is 34.2 Å². The standard InChI is InChI=1S/C23H21ClN2O2S/c1-3-26-15(2)18(13-25)21(17-11-7-8-12-19(17)24)22(23(27)28)20(26)14-29-16-9-5-4-6-10-16/h4-12,21H,3,14H2,1-2H3,(H,27,28). The highest BCUT2D eigenvalue weighted by Gasteiger charge is 2.38. The minimum atomic E-state index is -1.03. The van der Waals surface area contributed by atoms with E-state index in [0.717, 1.165) is 10.6 Å². The van der Waals surface area contributed by atoms with Gasteiger partial charge in [0.15, 0.2) is 0 Å². The van der Waals surface area contributed by atoms with E-state index >= 15 is 0 Å². The van der Waals surface area contributed by atoms with Crippen LogP contribution in [0.3, 0.4) is 0 Å². The predicted molar refractivity (Wildman–Crippen MR) is 117 cm³/mol. The number of aliphatic carboxylic acids is 1. The molecule has 1 aliphatic heterocycles. The second-order valence-corrected chi connectivity index (χ2v) is 8.03. The number of nitrogens with zero attached hydrogens (tertiary/aromatic N) is 2. The van der Waals surface area contributed by atoms with Gasteiger partial charge in [-0.05, 0) is 37.6 Å². The average molecular weight is 425 g/mol. The molecule has 1 heterocycles. The quantitative estimate of drug-likeness (QED) is 0.603. The van der Waals surface area contributed by atoms with E-state index in [-0.39, 0.29) is 5.57 Å². The first-order valence-electron chi connectivity index (χ1n) is 9.26. The molecule has 0 aliphatic carbocycles. The number of halogens is 1. The molecule has 1 aliphatic rings. The number of nitriles is 1. The summed E-state index contributed by atoms with van der Waals surface area (Å²) in [7, 11) is 0. The SMILES string of the molecule is CCN1C(C)=C(C#N)C(c2ccccc2Cl)C(C(=O)O)=C1CSc1ccccc1. The molecule has 0 aromatic heterocycles. The van der Waals surface area contributed by atoms with Crippen molar-refractivity contribution in [3.63, 3.8) is 0 Å². The Morgan fingerprint density at radius 1 is 1.21 bits per heavy atom. The van der Waals surface area contributed by atoms with Crippen LogP contribution in [-0.4, -0.2) is 28.3 Å². The van der Waals surface area contributed by atoms with Crippen LogP contribution in [0.5, 0.6) is 0 Å². The fourth-order valence-electron chi connectivity index (χ4n) is 3.68. The van der Waals surface area contributed by atoms with Crippen LogP contribution in [-0.2, 0) is 4.79 Å². The highest BCUT2D eigenvalue weighted by molar-refractivity contribution is 7.99. The van der Waals surface area contributed by atoms with Gasteiger partial charge in [0.05, 0.1) is 23.1 Å².